The molecule has 0 saturated heterocycles. The van der Waals surface area contributed by atoms with Gasteiger partial charge in [0.1, 0.15) is 5.82 Å². The predicted octanol–water partition coefficient (Wildman–Crippen LogP) is 13.0. The molecule has 3 nitrogen and oxygen atoms in total. The van der Waals surface area contributed by atoms with E-state index in [1.165, 1.54) is 49.0 Å². The second kappa shape index (κ2) is 12.5. The zero-order valence-corrected chi connectivity index (χ0v) is 28.7. The second-order valence-corrected chi connectivity index (χ2v) is 13.5. The summed E-state index contributed by atoms with van der Waals surface area (Å²) >= 11 is 0. The zero-order chi connectivity index (χ0) is 35.3. The van der Waals surface area contributed by atoms with E-state index in [9.17, 15) is 5.26 Å². The van der Waals surface area contributed by atoms with Gasteiger partial charge in [-0.1, -0.05) is 146 Å². The number of benzene rings is 9. The average molecular weight is 674 g/mol. The summed E-state index contributed by atoms with van der Waals surface area (Å²) in [6.07, 6.45) is 0. The normalized spacial score (nSPS) is 11.4. The molecule has 10 aromatic rings. The van der Waals surface area contributed by atoms with Crippen molar-refractivity contribution in [1.82, 2.24) is 9.55 Å². The minimum Gasteiger partial charge on any atom is -0.292 e. The molecule has 53 heavy (non-hydrogen) atoms. The van der Waals surface area contributed by atoms with E-state index in [-0.39, 0.29) is 0 Å². The molecule has 0 bridgehead atoms. The zero-order valence-electron chi connectivity index (χ0n) is 28.7. The Morgan fingerprint density at radius 3 is 1.72 bits per heavy atom. The van der Waals surface area contributed by atoms with Crippen molar-refractivity contribution in [3.8, 4) is 56.5 Å². The Kier molecular flexibility index (Phi) is 7.20. The van der Waals surface area contributed by atoms with Crippen LogP contribution < -0.4 is 0 Å². The maximum absolute atomic E-state index is 9.76. The van der Waals surface area contributed by atoms with Gasteiger partial charge in [-0.15, -0.1) is 0 Å². The van der Waals surface area contributed by atoms with Gasteiger partial charge in [-0.3, -0.25) is 4.57 Å². The van der Waals surface area contributed by atoms with Crippen LogP contribution in [0.3, 0.4) is 0 Å². The molecule has 0 N–H and O–H groups in total. The van der Waals surface area contributed by atoms with E-state index < -0.39 is 0 Å². The standard InChI is InChI=1S/C50H31N3/c51-32-33-24-27-47-46(28-33)52-50(40-18-10-16-37(30-40)34-12-2-1-3-13-34)53(47)41-19-11-17-38(31-41)48-42-20-6-8-22-44(42)49(45-23-9-7-21-43(45)48)39-26-25-35-14-4-5-15-36(35)29-39/h1-31H. The summed E-state index contributed by atoms with van der Waals surface area (Å²) in [4.78, 5) is 5.18. The maximum Gasteiger partial charge on any atom is 0.145 e. The highest BCUT2D eigenvalue weighted by molar-refractivity contribution is 6.21. The molecule has 0 atom stereocenters. The van der Waals surface area contributed by atoms with Crippen molar-refractivity contribution in [2.24, 2.45) is 0 Å². The third-order valence-corrected chi connectivity index (χ3v) is 10.4. The molecule has 0 amide bonds. The Bertz CT molecular complexity index is 3020. The summed E-state index contributed by atoms with van der Waals surface area (Å²) in [7, 11) is 0. The fourth-order valence-corrected chi connectivity index (χ4v) is 7.97. The van der Waals surface area contributed by atoms with Crippen molar-refractivity contribution in [2.45, 2.75) is 0 Å². The average Bonchev–Trinajstić information content (AvgIpc) is 3.62. The van der Waals surface area contributed by atoms with Crippen molar-refractivity contribution >= 4 is 43.4 Å². The lowest BCUT2D eigenvalue weighted by molar-refractivity contribution is 1.10. The van der Waals surface area contributed by atoms with E-state index in [4.69, 9.17) is 4.98 Å². The minimum absolute atomic E-state index is 0.588. The van der Waals surface area contributed by atoms with Gasteiger partial charge in [-0.25, -0.2) is 4.98 Å². The Morgan fingerprint density at radius 1 is 0.415 bits per heavy atom. The Morgan fingerprint density at radius 2 is 1.00 bits per heavy atom. The van der Waals surface area contributed by atoms with Crippen LogP contribution in [0, 0.1) is 11.3 Å². The Labute approximate surface area is 307 Å². The number of hydrogen-bond donors (Lipinski definition) is 0. The van der Waals surface area contributed by atoms with Crippen molar-refractivity contribution in [2.75, 3.05) is 0 Å². The summed E-state index contributed by atoms with van der Waals surface area (Å²) < 4.78 is 2.23. The van der Waals surface area contributed by atoms with Crippen molar-refractivity contribution in [3.63, 3.8) is 0 Å². The number of nitrogens with zero attached hydrogens (tertiary/aromatic N) is 3. The summed E-state index contributed by atoms with van der Waals surface area (Å²) in [5.41, 5.74) is 11.4. The number of fused-ring (bicyclic) bond motifs is 4. The monoisotopic (exact) mass is 673 g/mol. The number of aromatic nitrogens is 2. The van der Waals surface area contributed by atoms with Crippen LogP contribution in [0.25, 0.3) is 93.8 Å². The second-order valence-electron chi connectivity index (χ2n) is 13.5. The van der Waals surface area contributed by atoms with Crippen molar-refractivity contribution in [1.29, 1.82) is 5.26 Å². The van der Waals surface area contributed by atoms with Crippen molar-refractivity contribution in [3.05, 3.63) is 194 Å². The third-order valence-electron chi connectivity index (χ3n) is 10.4. The van der Waals surface area contributed by atoms with Crippen LogP contribution in [0.5, 0.6) is 0 Å². The molecule has 0 aliphatic rings. The van der Waals surface area contributed by atoms with Crippen LogP contribution in [0.15, 0.2) is 188 Å². The first-order chi connectivity index (χ1) is 26.2. The molecule has 0 aliphatic heterocycles. The summed E-state index contributed by atoms with van der Waals surface area (Å²) in [6.45, 7) is 0. The van der Waals surface area contributed by atoms with Crippen LogP contribution >= 0.6 is 0 Å². The SMILES string of the molecule is N#Cc1ccc2c(c1)nc(-c1cccc(-c3ccccc3)c1)n2-c1cccc(-c2c3ccccc3c(-c3ccc4ccccc4c3)c3ccccc23)c1. The quantitative estimate of drug-likeness (QED) is 0.171. The van der Waals surface area contributed by atoms with Gasteiger partial charge in [-0.2, -0.15) is 5.26 Å². The molecule has 1 aromatic heterocycles. The Balaban J connectivity index is 1.21. The number of hydrogen-bond acceptors (Lipinski definition) is 2. The van der Waals surface area contributed by atoms with Crippen LogP contribution in [0.2, 0.25) is 0 Å². The molecule has 246 valence electrons. The van der Waals surface area contributed by atoms with Crippen LogP contribution in [-0.2, 0) is 0 Å². The minimum atomic E-state index is 0.588. The van der Waals surface area contributed by atoms with Crippen LogP contribution in [0.1, 0.15) is 5.56 Å². The number of imidazole rings is 1. The summed E-state index contributed by atoms with van der Waals surface area (Å²) in [5, 5.41) is 17.1. The molecule has 10 rings (SSSR count). The number of nitriles is 1. The first-order valence-electron chi connectivity index (χ1n) is 17.9. The maximum atomic E-state index is 9.76. The summed E-state index contributed by atoms with van der Waals surface area (Å²) in [6, 6.07) is 68.8. The molecule has 0 unspecified atom stereocenters. The molecular formula is C50H31N3. The molecule has 0 aliphatic carbocycles. The van der Waals surface area contributed by atoms with Crippen molar-refractivity contribution < 1.29 is 0 Å². The van der Waals surface area contributed by atoms with E-state index in [1.54, 1.807) is 0 Å². The molecule has 3 heteroatoms. The molecule has 0 fully saturated rings. The predicted molar refractivity (Wildman–Crippen MR) is 220 cm³/mol. The van der Waals surface area contributed by atoms with Gasteiger partial charge in [0.2, 0.25) is 0 Å². The van der Waals surface area contributed by atoms with Crippen LogP contribution in [0.4, 0.5) is 0 Å². The highest BCUT2D eigenvalue weighted by Crippen LogP contribution is 2.44. The lowest BCUT2D eigenvalue weighted by Crippen LogP contribution is -1.99. The van der Waals surface area contributed by atoms with Gasteiger partial charge in [0.15, 0.2) is 0 Å². The first-order valence-corrected chi connectivity index (χ1v) is 17.9. The molecule has 0 spiro atoms. The van der Waals surface area contributed by atoms with Gasteiger partial charge in [0, 0.05) is 11.3 Å². The lowest BCUT2D eigenvalue weighted by atomic mass is 9.85. The lowest BCUT2D eigenvalue weighted by Gasteiger charge is -2.19. The molecule has 1 heterocycles. The molecule has 0 saturated carbocycles. The fourth-order valence-electron chi connectivity index (χ4n) is 7.97. The molecular weight excluding hydrogens is 643 g/mol. The van der Waals surface area contributed by atoms with Gasteiger partial charge < -0.3 is 0 Å². The van der Waals surface area contributed by atoms with E-state index in [2.05, 4.69) is 174 Å². The first kappa shape index (κ1) is 30.5. The van der Waals surface area contributed by atoms with Gasteiger partial charge in [0.05, 0.1) is 22.7 Å². The van der Waals surface area contributed by atoms with Crippen LogP contribution in [-0.4, -0.2) is 9.55 Å². The Hall–Kier alpha value is -7.28. The molecule has 0 radical (unpaired) electrons. The van der Waals surface area contributed by atoms with E-state index in [0.717, 1.165) is 44.8 Å². The topological polar surface area (TPSA) is 41.6 Å². The van der Waals surface area contributed by atoms with E-state index in [0.29, 0.717) is 5.56 Å². The third kappa shape index (κ3) is 5.16. The van der Waals surface area contributed by atoms with Gasteiger partial charge >= 0.3 is 0 Å². The van der Waals surface area contributed by atoms with E-state index in [1.807, 2.05) is 24.3 Å². The number of rotatable bonds is 5. The fraction of sp³-hybridized carbons (Fsp3) is 0. The van der Waals surface area contributed by atoms with Gasteiger partial charge in [-0.05, 0) is 108 Å². The largest absolute Gasteiger partial charge is 0.292 e. The smallest absolute Gasteiger partial charge is 0.145 e. The summed E-state index contributed by atoms with van der Waals surface area (Å²) in [5.74, 6) is 0.825. The molecule has 9 aromatic carbocycles. The van der Waals surface area contributed by atoms with E-state index >= 15 is 0 Å². The van der Waals surface area contributed by atoms with Gasteiger partial charge in [0.25, 0.3) is 0 Å². The highest BCUT2D eigenvalue weighted by Gasteiger charge is 2.20. The highest BCUT2D eigenvalue weighted by atomic mass is 15.1.